The lowest BCUT2D eigenvalue weighted by molar-refractivity contribution is 0.102. The van der Waals surface area contributed by atoms with Gasteiger partial charge in [-0.15, -0.1) is 11.3 Å². The first-order chi connectivity index (χ1) is 14.1. The summed E-state index contributed by atoms with van der Waals surface area (Å²) < 4.78 is 19.3. The van der Waals surface area contributed by atoms with Gasteiger partial charge in [-0.2, -0.15) is 0 Å². The number of hydrogen-bond donors (Lipinski definition) is 1. The Morgan fingerprint density at radius 3 is 2.69 bits per heavy atom. The number of nitrogens with one attached hydrogen (secondary N) is 1. The Morgan fingerprint density at radius 2 is 1.97 bits per heavy atom. The van der Waals surface area contributed by atoms with E-state index in [1.165, 1.54) is 17.2 Å². The fraction of sp³-hybridized carbons (Fsp3) is 0.333. The molecule has 8 heteroatoms. The largest absolute Gasteiger partial charge is 0.447 e. The summed E-state index contributed by atoms with van der Waals surface area (Å²) in [6.45, 7) is 7.19. The molecule has 0 bridgehead atoms. The molecule has 29 heavy (non-hydrogen) atoms. The van der Waals surface area contributed by atoms with Crippen LogP contribution in [0.1, 0.15) is 26.8 Å². The maximum atomic E-state index is 13.8. The number of hydrogen-bond acceptors (Lipinski definition) is 6. The number of benzene rings is 1. The van der Waals surface area contributed by atoms with Gasteiger partial charge in [0.25, 0.3) is 5.91 Å². The average molecular weight is 415 g/mol. The molecule has 1 N–H and O–H groups in total. The normalized spacial score (nSPS) is 15.5. The number of carbonyl (C=O) groups excluding carboxylic acids is 1. The number of carbonyl (C=O) groups is 1. The van der Waals surface area contributed by atoms with Crippen LogP contribution in [-0.4, -0.2) is 46.9 Å². The second-order valence-corrected chi connectivity index (χ2v) is 8.23. The number of halogens is 1. The minimum absolute atomic E-state index is 0.140. The number of rotatable bonds is 6. The molecule has 152 valence electrons. The highest BCUT2D eigenvalue weighted by atomic mass is 32.1. The van der Waals surface area contributed by atoms with Crippen molar-refractivity contribution in [2.45, 2.75) is 20.0 Å². The average Bonchev–Trinajstić information content (AvgIpc) is 3.38. The van der Waals surface area contributed by atoms with E-state index in [1.54, 1.807) is 23.5 Å². The van der Waals surface area contributed by atoms with Crippen molar-refractivity contribution in [3.63, 3.8) is 0 Å². The first kappa shape index (κ1) is 19.8. The van der Waals surface area contributed by atoms with Gasteiger partial charge in [0.2, 0.25) is 5.89 Å². The highest BCUT2D eigenvalue weighted by Gasteiger charge is 2.20. The summed E-state index contributed by atoms with van der Waals surface area (Å²) in [6, 6.07) is 8.82. The van der Waals surface area contributed by atoms with Crippen LogP contribution in [0.2, 0.25) is 0 Å². The predicted octanol–water partition coefficient (Wildman–Crippen LogP) is 3.75. The fourth-order valence-corrected chi connectivity index (χ4v) is 4.07. The van der Waals surface area contributed by atoms with Gasteiger partial charge in [0.1, 0.15) is 12.1 Å². The summed E-state index contributed by atoms with van der Waals surface area (Å²) in [7, 11) is 0. The van der Waals surface area contributed by atoms with Crippen LogP contribution in [0, 0.1) is 12.7 Å². The molecular formula is C21H23FN4O2S. The molecule has 0 aliphatic carbocycles. The number of amides is 1. The molecule has 1 aliphatic heterocycles. The highest BCUT2D eigenvalue weighted by Crippen LogP contribution is 2.18. The van der Waals surface area contributed by atoms with Crippen molar-refractivity contribution >= 4 is 22.9 Å². The van der Waals surface area contributed by atoms with E-state index in [-0.39, 0.29) is 11.4 Å². The smallest absolute Gasteiger partial charge is 0.277 e. The zero-order chi connectivity index (χ0) is 20.2. The van der Waals surface area contributed by atoms with Crippen molar-refractivity contribution in [3.05, 3.63) is 69.8 Å². The molecule has 1 aliphatic rings. The molecule has 1 saturated heterocycles. The van der Waals surface area contributed by atoms with Crippen molar-refractivity contribution < 1.29 is 13.6 Å². The number of anilines is 1. The lowest BCUT2D eigenvalue weighted by atomic mass is 10.2. The van der Waals surface area contributed by atoms with E-state index in [2.05, 4.69) is 37.6 Å². The Bertz CT molecular complexity index is 965. The van der Waals surface area contributed by atoms with Gasteiger partial charge < -0.3 is 9.73 Å². The lowest BCUT2D eigenvalue weighted by Gasteiger charge is -2.33. The number of nitrogens with zero attached hydrogens (tertiary/aromatic N) is 3. The molecule has 0 radical (unpaired) electrons. The minimum Gasteiger partial charge on any atom is -0.447 e. The third kappa shape index (κ3) is 5.09. The first-order valence-corrected chi connectivity index (χ1v) is 10.4. The molecule has 3 heterocycles. The molecule has 2 aromatic heterocycles. The molecule has 0 unspecified atom stereocenters. The van der Waals surface area contributed by atoms with Crippen LogP contribution >= 0.6 is 11.3 Å². The number of oxazole rings is 1. The maximum Gasteiger partial charge on any atom is 0.277 e. The predicted molar refractivity (Wildman–Crippen MR) is 110 cm³/mol. The highest BCUT2D eigenvalue weighted by molar-refractivity contribution is 7.09. The minimum atomic E-state index is -0.481. The number of piperazine rings is 1. The summed E-state index contributed by atoms with van der Waals surface area (Å²) >= 11 is 1.79. The van der Waals surface area contributed by atoms with Crippen LogP contribution in [-0.2, 0) is 13.1 Å². The molecule has 4 rings (SSSR count). The van der Waals surface area contributed by atoms with E-state index < -0.39 is 11.7 Å². The van der Waals surface area contributed by atoms with Crippen molar-refractivity contribution in [2.24, 2.45) is 0 Å². The first-order valence-electron chi connectivity index (χ1n) is 9.56. The van der Waals surface area contributed by atoms with Crippen LogP contribution in [0.15, 0.2) is 46.4 Å². The quantitative estimate of drug-likeness (QED) is 0.666. The van der Waals surface area contributed by atoms with Crippen LogP contribution in [0.25, 0.3) is 0 Å². The lowest BCUT2D eigenvalue weighted by Crippen LogP contribution is -2.45. The van der Waals surface area contributed by atoms with Crippen LogP contribution in [0.5, 0.6) is 0 Å². The van der Waals surface area contributed by atoms with E-state index in [9.17, 15) is 9.18 Å². The van der Waals surface area contributed by atoms with Crippen LogP contribution in [0.4, 0.5) is 10.1 Å². The Kier molecular flexibility index (Phi) is 6.03. The summed E-state index contributed by atoms with van der Waals surface area (Å²) in [5, 5.41) is 4.66. The topological polar surface area (TPSA) is 61.6 Å². The van der Waals surface area contributed by atoms with Gasteiger partial charge in [0, 0.05) is 37.6 Å². The van der Waals surface area contributed by atoms with Crippen LogP contribution < -0.4 is 5.32 Å². The van der Waals surface area contributed by atoms with Gasteiger partial charge in [0.15, 0.2) is 5.69 Å². The van der Waals surface area contributed by atoms with E-state index in [1.807, 2.05) is 6.92 Å². The van der Waals surface area contributed by atoms with Gasteiger partial charge in [-0.3, -0.25) is 14.6 Å². The van der Waals surface area contributed by atoms with Crippen molar-refractivity contribution in [1.82, 2.24) is 14.8 Å². The SMILES string of the molecule is Cc1ccc(F)c(NC(=O)c2coc(CN3CCN(Cc4cccs4)CC3)n2)c1. The van der Waals surface area contributed by atoms with E-state index in [0.717, 1.165) is 38.3 Å². The Balaban J connectivity index is 1.29. The molecule has 0 atom stereocenters. The number of aromatic nitrogens is 1. The zero-order valence-corrected chi connectivity index (χ0v) is 17.0. The maximum absolute atomic E-state index is 13.8. The molecular weight excluding hydrogens is 391 g/mol. The third-order valence-corrected chi connectivity index (χ3v) is 5.80. The van der Waals surface area contributed by atoms with Gasteiger partial charge in [-0.25, -0.2) is 9.37 Å². The molecule has 1 amide bonds. The third-order valence-electron chi connectivity index (χ3n) is 4.94. The number of aryl methyl sites for hydroxylation is 1. The molecule has 0 spiro atoms. The van der Waals surface area contributed by atoms with E-state index in [0.29, 0.717) is 12.4 Å². The van der Waals surface area contributed by atoms with Gasteiger partial charge in [-0.05, 0) is 36.1 Å². The zero-order valence-electron chi connectivity index (χ0n) is 16.2. The monoisotopic (exact) mass is 414 g/mol. The second-order valence-electron chi connectivity index (χ2n) is 7.20. The fourth-order valence-electron chi connectivity index (χ4n) is 3.33. The Labute approximate surface area is 173 Å². The molecule has 1 aromatic carbocycles. The summed E-state index contributed by atoms with van der Waals surface area (Å²) in [5.74, 6) is -0.468. The van der Waals surface area contributed by atoms with Gasteiger partial charge >= 0.3 is 0 Å². The molecule has 0 saturated carbocycles. The standard InChI is InChI=1S/C21H23FN4O2S/c1-15-4-5-17(22)18(11-15)24-21(27)19-14-28-20(23-19)13-26-8-6-25(7-9-26)12-16-3-2-10-29-16/h2-5,10-11,14H,6-9,12-13H2,1H3,(H,24,27). The van der Waals surface area contributed by atoms with Crippen molar-refractivity contribution in [1.29, 1.82) is 0 Å². The van der Waals surface area contributed by atoms with Crippen molar-refractivity contribution in [2.75, 3.05) is 31.5 Å². The van der Waals surface area contributed by atoms with Gasteiger partial charge in [-0.1, -0.05) is 12.1 Å². The summed E-state index contributed by atoms with van der Waals surface area (Å²) in [5.41, 5.74) is 1.15. The summed E-state index contributed by atoms with van der Waals surface area (Å²) in [4.78, 5) is 22.7. The van der Waals surface area contributed by atoms with Crippen LogP contribution in [0.3, 0.4) is 0 Å². The molecule has 1 fully saturated rings. The van der Waals surface area contributed by atoms with E-state index >= 15 is 0 Å². The molecule has 6 nitrogen and oxygen atoms in total. The Hall–Kier alpha value is -2.55. The van der Waals surface area contributed by atoms with E-state index in [4.69, 9.17) is 4.42 Å². The number of thiophene rings is 1. The summed E-state index contributed by atoms with van der Waals surface area (Å²) in [6.07, 6.45) is 1.32. The second kappa shape index (κ2) is 8.86. The Morgan fingerprint density at radius 1 is 1.21 bits per heavy atom. The van der Waals surface area contributed by atoms with Gasteiger partial charge in [0.05, 0.1) is 12.2 Å². The molecule has 3 aromatic rings. The van der Waals surface area contributed by atoms with Crippen molar-refractivity contribution in [3.8, 4) is 0 Å².